The van der Waals surface area contributed by atoms with Gasteiger partial charge >= 0.3 is 12.1 Å². The molecule has 0 saturated carbocycles. The van der Waals surface area contributed by atoms with E-state index < -0.39 is 59.3 Å². The smallest absolute Gasteiger partial charge is 0.416 e. The maximum Gasteiger partial charge on any atom is 0.416 e. The molecule has 1 aromatic heterocycles. The Hall–Kier alpha value is -4.54. The van der Waals surface area contributed by atoms with Crippen LogP contribution in [0.1, 0.15) is 85.0 Å². The molecule has 278 valence electrons. The number of alkyl halides is 3. The van der Waals surface area contributed by atoms with E-state index in [4.69, 9.17) is 11.2 Å². The van der Waals surface area contributed by atoms with E-state index in [2.05, 4.69) is 16.1 Å². The van der Waals surface area contributed by atoms with Crippen molar-refractivity contribution in [3.63, 3.8) is 0 Å². The SMILES string of the molecule is C#Cc1cc(-c2c(C)cc(F)cc2C)cc([C@@H](CC(=O)O)NC(=O)[C@H](CC(C)C)n2cc(CCN3C4CCC3COC4)c(C(F)(F)F)cc2=O)c1F. The number of morpholine rings is 1. The van der Waals surface area contributed by atoms with Gasteiger partial charge in [0.05, 0.1) is 36.8 Å². The van der Waals surface area contributed by atoms with Crippen LogP contribution in [0.2, 0.25) is 0 Å². The van der Waals surface area contributed by atoms with Crippen LogP contribution in [-0.2, 0) is 26.9 Å². The van der Waals surface area contributed by atoms with Crippen LogP contribution < -0.4 is 10.9 Å². The second-order valence-electron chi connectivity index (χ2n) is 14.2. The third kappa shape index (κ3) is 8.40. The minimum atomic E-state index is -4.83. The standard InChI is InChI=1S/C39H42F5N3O5/c1-6-24-14-26(36-22(4)12-27(40)13-23(36)5)15-30(37(24)41)32(17-35(49)50)45-38(51)33(11-21(2)3)47-18-25(31(16-34(47)48)39(42,43)44)9-10-46-28-7-8-29(46)20-52-19-28/h1,12-16,18,21,28-29,32-33H,7-11,17,19-20H2,2-5H3,(H,45,51)(H,49,50)/t28?,29?,32-,33+/m1/s1. The molecule has 5 rings (SSSR count). The summed E-state index contributed by atoms with van der Waals surface area (Å²) in [7, 11) is 0. The van der Waals surface area contributed by atoms with Crippen molar-refractivity contribution < 1.29 is 41.4 Å². The Balaban J connectivity index is 1.55. The molecule has 2 saturated heterocycles. The lowest BCUT2D eigenvalue weighted by Gasteiger charge is -2.34. The van der Waals surface area contributed by atoms with Crippen LogP contribution >= 0.6 is 0 Å². The minimum Gasteiger partial charge on any atom is -0.481 e. The monoisotopic (exact) mass is 727 g/mol. The quantitative estimate of drug-likeness (QED) is 0.159. The number of nitrogens with one attached hydrogen (secondary N) is 1. The molecule has 0 radical (unpaired) electrons. The number of hydrogen-bond acceptors (Lipinski definition) is 5. The number of amides is 1. The van der Waals surface area contributed by atoms with Gasteiger partial charge < -0.3 is 19.7 Å². The largest absolute Gasteiger partial charge is 0.481 e. The lowest BCUT2D eigenvalue weighted by molar-refractivity contribution is -0.139. The van der Waals surface area contributed by atoms with E-state index >= 15 is 4.39 Å². The number of carbonyl (C=O) groups excluding carboxylic acids is 1. The Labute approximate surface area is 299 Å². The number of halogens is 5. The first-order valence-corrected chi connectivity index (χ1v) is 17.2. The maximum absolute atomic E-state index is 16.0. The zero-order valence-electron chi connectivity index (χ0n) is 29.4. The number of terminal acetylenes is 1. The van der Waals surface area contributed by atoms with Crippen molar-refractivity contribution in [1.29, 1.82) is 0 Å². The number of fused-ring (bicyclic) bond motifs is 2. The predicted molar refractivity (Wildman–Crippen MR) is 185 cm³/mol. The van der Waals surface area contributed by atoms with Crippen molar-refractivity contribution in [2.75, 3.05) is 19.8 Å². The molecule has 3 aromatic rings. The zero-order valence-corrected chi connectivity index (χ0v) is 29.4. The number of carbonyl (C=O) groups is 2. The van der Waals surface area contributed by atoms with Crippen LogP contribution in [0, 0.1) is 43.7 Å². The van der Waals surface area contributed by atoms with Crippen LogP contribution in [0.4, 0.5) is 22.0 Å². The molecule has 8 nitrogen and oxygen atoms in total. The molecule has 2 aromatic carbocycles. The number of ether oxygens (including phenoxy) is 1. The van der Waals surface area contributed by atoms with E-state index in [1.807, 2.05) is 0 Å². The number of nitrogens with zero attached hydrogens (tertiary/aromatic N) is 2. The number of benzene rings is 2. The number of carboxylic acids is 1. The highest BCUT2D eigenvalue weighted by molar-refractivity contribution is 5.82. The van der Waals surface area contributed by atoms with Crippen LogP contribution in [-0.4, -0.2) is 58.3 Å². The van der Waals surface area contributed by atoms with Crippen molar-refractivity contribution in [2.24, 2.45) is 5.92 Å². The first kappa shape index (κ1) is 38.7. The van der Waals surface area contributed by atoms with E-state index in [-0.39, 0.29) is 47.5 Å². The molecule has 13 heteroatoms. The van der Waals surface area contributed by atoms with Gasteiger partial charge in [-0.2, -0.15) is 13.2 Å². The fraction of sp³-hybridized carbons (Fsp3) is 0.462. The van der Waals surface area contributed by atoms with Gasteiger partial charge in [0.1, 0.15) is 17.7 Å². The molecule has 1 amide bonds. The predicted octanol–water partition coefficient (Wildman–Crippen LogP) is 6.74. The Bertz CT molecular complexity index is 1910. The summed E-state index contributed by atoms with van der Waals surface area (Å²) in [5.74, 6) is -1.71. The fourth-order valence-corrected chi connectivity index (χ4v) is 7.62. The van der Waals surface area contributed by atoms with Crippen LogP contribution in [0.5, 0.6) is 0 Å². The first-order valence-electron chi connectivity index (χ1n) is 17.2. The maximum atomic E-state index is 16.0. The van der Waals surface area contributed by atoms with Crippen LogP contribution in [0.15, 0.2) is 41.3 Å². The number of aryl methyl sites for hydroxylation is 2. The van der Waals surface area contributed by atoms with Crippen molar-refractivity contribution in [3.8, 4) is 23.5 Å². The highest BCUT2D eigenvalue weighted by Gasteiger charge is 2.39. The van der Waals surface area contributed by atoms with E-state index in [0.717, 1.165) is 23.6 Å². The number of pyridine rings is 1. The van der Waals surface area contributed by atoms with Gasteiger partial charge in [-0.15, -0.1) is 6.42 Å². The average molecular weight is 728 g/mol. The van der Waals surface area contributed by atoms with Gasteiger partial charge in [-0.25, -0.2) is 8.78 Å². The zero-order chi connectivity index (χ0) is 38.1. The van der Waals surface area contributed by atoms with Crippen molar-refractivity contribution in [1.82, 2.24) is 14.8 Å². The summed E-state index contributed by atoms with van der Waals surface area (Å²) < 4.78 is 79.5. The Morgan fingerprint density at radius 1 is 1.06 bits per heavy atom. The second-order valence-corrected chi connectivity index (χ2v) is 14.2. The van der Waals surface area contributed by atoms with E-state index in [9.17, 15) is 37.1 Å². The van der Waals surface area contributed by atoms with Gasteiger partial charge in [0.15, 0.2) is 0 Å². The van der Waals surface area contributed by atoms with Crippen molar-refractivity contribution >= 4 is 11.9 Å². The van der Waals surface area contributed by atoms with Crippen molar-refractivity contribution in [3.05, 3.63) is 91.9 Å². The first-order chi connectivity index (χ1) is 24.5. The summed E-state index contributed by atoms with van der Waals surface area (Å²) in [6.07, 6.45) is 2.78. The second kappa shape index (κ2) is 15.6. The fourth-order valence-electron chi connectivity index (χ4n) is 7.62. The van der Waals surface area contributed by atoms with Crippen LogP contribution in [0.25, 0.3) is 11.1 Å². The number of hydrogen-bond donors (Lipinski definition) is 2. The molecule has 2 aliphatic heterocycles. The molecule has 2 bridgehead atoms. The third-order valence-electron chi connectivity index (χ3n) is 9.95. The number of aromatic nitrogens is 1. The molecular formula is C39H42F5N3O5. The Morgan fingerprint density at radius 3 is 2.25 bits per heavy atom. The molecular weight excluding hydrogens is 685 g/mol. The Morgan fingerprint density at radius 2 is 1.69 bits per heavy atom. The molecule has 2 aliphatic rings. The lowest BCUT2D eigenvalue weighted by atomic mass is 9.90. The van der Waals surface area contributed by atoms with Gasteiger partial charge in [0.2, 0.25) is 5.91 Å². The third-order valence-corrected chi connectivity index (χ3v) is 9.95. The summed E-state index contributed by atoms with van der Waals surface area (Å²) in [5, 5.41) is 12.4. The number of rotatable bonds is 12. The summed E-state index contributed by atoms with van der Waals surface area (Å²) in [6, 6.07) is 3.09. The molecule has 3 heterocycles. The van der Waals surface area contributed by atoms with Crippen molar-refractivity contribution in [2.45, 2.75) is 90.1 Å². The average Bonchev–Trinajstić information content (AvgIpc) is 3.26. The molecule has 4 atom stereocenters. The van der Waals surface area contributed by atoms with Gasteiger partial charge in [-0.05, 0) is 97.5 Å². The number of carboxylic acid groups (broad SMARTS) is 1. The minimum absolute atomic E-state index is 0.00392. The molecule has 0 spiro atoms. The lowest BCUT2D eigenvalue weighted by Crippen LogP contribution is -2.46. The molecule has 0 aliphatic carbocycles. The number of aliphatic carboxylic acids is 1. The topological polar surface area (TPSA) is 101 Å². The molecule has 2 N–H and O–H groups in total. The van der Waals surface area contributed by atoms with Crippen LogP contribution in [0.3, 0.4) is 0 Å². The normalized spacial score (nSPS) is 18.6. The van der Waals surface area contributed by atoms with Gasteiger partial charge in [0, 0.05) is 36.5 Å². The van der Waals surface area contributed by atoms with Gasteiger partial charge in [-0.1, -0.05) is 19.8 Å². The molecule has 2 fully saturated rings. The van der Waals surface area contributed by atoms with Gasteiger partial charge in [0.25, 0.3) is 5.56 Å². The highest BCUT2D eigenvalue weighted by Crippen LogP contribution is 2.36. The van der Waals surface area contributed by atoms with Gasteiger partial charge in [-0.3, -0.25) is 19.3 Å². The molecule has 52 heavy (non-hydrogen) atoms. The molecule has 2 unspecified atom stereocenters. The summed E-state index contributed by atoms with van der Waals surface area (Å²) >= 11 is 0. The summed E-state index contributed by atoms with van der Waals surface area (Å²) in [4.78, 5) is 41.8. The van der Waals surface area contributed by atoms with E-state index in [1.54, 1.807) is 27.7 Å². The highest BCUT2D eigenvalue weighted by atomic mass is 19.4. The summed E-state index contributed by atoms with van der Waals surface area (Å²) in [6.45, 7) is 8.10. The Kier molecular flexibility index (Phi) is 11.6. The van der Waals surface area contributed by atoms with E-state index in [1.165, 1.54) is 24.3 Å². The summed E-state index contributed by atoms with van der Waals surface area (Å²) in [5.41, 5.74) is -0.892. The van der Waals surface area contributed by atoms with E-state index in [0.29, 0.717) is 48.1 Å².